The summed E-state index contributed by atoms with van der Waals surface area (Å²) in [7, 11) is 2.20. The fourth-order valence-electron chi connectivity index (χ4n) is 3.28. The van der Waals surface area contributed by atoms with Crippen molar-refractivity contribution in [3.8, 4) is 0 Å². The summed E-state index contributed by atoms with van der Waals surface area (Å²) >= 11 is 0. The number of hydrogen-bond acceptors (Lipinski definition) is 4. The van der Waals surface area contributed by atoms with Gasteiger partial charge in [-0.1, -0.05) is 19.9 Å². The lowest BCUT2D eigenvalue weighted by atomic mass is 10.0. The Hall–Kier alpha value is -1.66. The molecular formula is C20H36N6. The Labute approximate surface area is 159 Å². The molecule has 2 rings (SSSR count). The van der Waals surface area contributed by atoms with Gasteiger partial charge in [-0.05, 0) is 32.0 Å². The van der Waals surface area contributed by atoms with Crippen molar-refractivity contribution in [1.82, 2.24) is 25.4 Å². The van der Waals surface area contributed by atoms with Gasteiger partial charge in [0.25, 0.3) is 0 Å². The summed E-state index contributed by atoms with van der Waals surface area (Å²) in [6.45, 7) is 13.8. The predicted octanol–water partition coefficient (Wildman–Crippen LogP) is 1.45. The molecule has 1 atom stereocenters. The van der Waals surface area contributed by atoms with Crippen LogP contribution in [-0.4, -0.2) is 79.6 Å². The summed E-state index contributed by atoms with van der Waals surface area (Å²) in [6.07, 6.45) is 2.75. The third kappa shape index (κ3) is 6.92. The van der Waals surface area contributed by atoms with Crippen LogP contribution in [-0.2, 0) is 6.42 Å². The van der Waals surface area contributed by atoms with Gasteiger partial charge in [0.15, 0.2) is 5.96 Å². The zero-order valence-corrected chi connectivity index (χ0v) is 16.9. The van der Waals surface area contributed by atoms with E-state index in [1.54, 1.807) is 0 Å². The van der Waals surface area contributed by atoms with Gasteiger partial charge in [-0.15, -0.1) is 0 Å². The molecule has 0 spiro atoms. The first-order chi connectivity index (χ1) is 12.6. The molecule has 0 aromatic carbocycles. The molecule has 1 aliphatic rings. The lowest BCUT2D eigenvalue weighted by molar-refractivity contribution is 0.0925. The van der Waals surface area contributed by atoms with E-state index in [4.69, 9.17) is 4.99 Å². The number of nitrogens with zero attached hydrogens (tertiary/aromatic N) is 4. The van der Waals surface area contributed by atoms with Gasteiger partial charge in [-0.3, -0.25) is 14.9 Å². The highest BCUT2D eigenvalue weighted by atomic mass is 15.3. The second-order valence-electron chi connectivity index (χ2n) is 7.37. The molecule has 1 saturated heterocycles. The average molecular weight is 361 g/mol. The molecule has 1 unspecified atom stereocenters. The molecule has 1 aromatic heterocycles. The molecule has 6 nitrogen and oxygen atoms in total. The van der Waals surface area contributed by atoms with Crippen LogP contribution in [0.15, 0.2) is 29.4 Å². The summed E-state index contributed by atoms with van der Waals surface area (Å²) in [5, 5.41) is 6.81. The van der Waals surface area contributed by atoms with Crippen molar-refractivity contribution in [3.05, 3.63) is 30.1 Å². The van der Waals surface area contributed by atoms with E-state index in [2.05, 4.69) is 59.3 Å². The minimum Gasteiger partial charge on any atom is -0.357 e. The van der Waals surface area contributed by atoms with Crippen molar-refractivity contribution < 1.29 is 0 Å². The molecule has 1 aromatic rings. The van der Waals surface area contributed by atoms with Crippen LogP contribution >= 0.6 is 0 Å². The SMILES string of the molecule is CCNC(=NCC(C(C)C)N1CCN(C)CC1)NCCc1ccccn1. The maximum Gasteiger partial charge on any atom is 0.191 e. The van der Waals surface area contributed by atoms with Crippen LogP contribution in [0.1, 0.15) is 26.5 Å². The van der Waals surface area contributed by atoms with Gasteiger partial charge in [-0.25, -0.2) is 0 Å². The molecule has 0 radical (unpaired) electrons. The Morgan fingerprint density at radius 3 is 2.58 bits per heavy atom. The van der Waals surface area contributed by atoms with Gasteiger partial charge in [0.05, 0.1) is 6.54 Å². The average Bonchev–Trinajstić information content (AvgIpc) is 2.64. The molecule has 1 aliphatic heterocycles. The number of hydrogen-bond donors (Lipinski definition) is 2. The van der Waals surface area contributed by atoms with Gasteiger partial charge in [0.2, 0.25) is 0 Å². The molecule has 2 N–H and O–H groups in total. The zero-order valence-electron chi connectivity index (χ0n) is 16.9. The van der Waals surface area contributed by atoms with Crippen LogP contribution in [0.4, 0.5) is 0 Å². The van der Waals surface area contributed by atoms with Crippen LogP contribution in [0, 0.1) is 5.92 Å². The highest BCUT2D eigenvalue weighted by Gasteiger charge is 2.24. The fraction of sp³-hybridized carbons (Fsp3) is 0.700. The van der Waals surface area contributed by atoms with Gasteiger partial charge in [-0.2, -0.15) is 0 Å². The summed E-state index contributed by atoms with van der Waals surface area (Å²) < 4.78 is 0. The predicted molar refractivity (Wildman–Crippen MR) is 110 cm³/mol. The number of guanidine groups is 1. The Bertz CT molecular complexity index is 522. The number of pyridine rings is 1. The molecule has 6 heteroatoms. The number of nitrogens with one attached hydrogen (secondary N) is 2. The summed E-state index contributed by atoms with van der Waals surface area (Å²) in [5.74, 6) is 1.50. The minimum atomic E-state index is 0.495. The van der Waals surface area contributed by atoms with Gasteiger partial charge >= 0.3 is 0 Å². The number of likely N-dealkylation sites (N-methyl/N-ethyl adjacent to an activating group) is 1. The molecule has 26 heavy (non-hydrogen) atoms. The monoisotopic (exact) mass is 360 g/mol. The maximum absolute atomic E-state index is 4.88. The van der Waals surface area contributed by atoms with E-state index in [1.165, 1.54) is 0 Å². The maximum atomic E-state index is 4.88. The minimum absolute atomic E-state index is 0.495. The lowest BCUT2D eigenvalue weighted by Crippen LogP contribution is -2.52. The van der Waals surface area contributed by atoms with E-state index in [0.29, 0.717) is 12.0 Å². The fourth-order valence-corrected chi connectivity index (χ4v) is 3.28. The van der Waals surface area contributed by atoms with E-state index in [0.717, 1.165) is 63.9 Å². The normalized spacial score (nSPS) is 18.1. The molecule has 146 valence electrons. The highest BCUT2D eigenvalue weighted by Crippen LogP contribution is 2.14. The smallest absolute Gasteiger partial charge is 0.191 e. The Balaban J connectivity index is 1.88. The lowest BCUT2D eigenvalue weighted by Gasteiger charge is -2.39. The van der Waals surface area contributed by atoms with Gasteiger partial charge in [0.1, 0.15) is 0 Å². The second-order valence-corrected chi connectivity index (χ2v) is 7.37. The van der Waals surface area contributed by atoms with Crippen molar-refractivity contribution in [2.24, 2.45) is 10.9 Å². The summed E-state index contributed by atoms with van der Waals surface area (Å²) in [4.78, 5) is 14.3. The van der Waals surface area contributed by atoms with Crippen molar-refractivity contribution in [3.63, 3.8) is 0 Å². The van der Waals surface area contributed by atoms with Crippen LogP contribution < -0.4 is 10.6 Å². The standard InChI is InChI=1S/C20H36N6/c1-5-21-20(23-11-9-18-8-6-7-10-22-18)24-16-19(17(2)3)26-14-12-25(4)13-15-26/h6-8,10,17,19H,5,9,11-16H2,1-4H3,(H2,21,23,24). The summed E-state index contributed by atoms with van der Waals surface area (Å²) in [6, 6.07) is 6.54. The zero-order chi connectivity index (χ0) is 18.8. The van der Waals surface area contributed by atoms with Crippen LogP contribution in [0.2, 0.25) is 0 Å². The van der Waals surface area contributed by atoms with Crippen LogP contribution in [0.5, 0.6) is 0 Å². The van der Waals surface area contributed by atoms with E-state index < -0.39 is 0 Å². The van der Waals surface area contributed by atoms with Gasteiger partial charge in [0, 0.05) is 63.6 Å². The highest BCUT2D eigenvalue weighted by molar-refractivity contribution is 5.79. The Morgan fingerprint density at radius 1 is 1.19 bits per heavy atom. The molecule has 0 saturated carbocycles. The number of aliphatic imine (C=N–C) groups is 1. The topological polar surface area (TPSA) is 55.8 Å². The quantitative estimate of drug-likeness (QED) is 0.543. The number of piperazine rings is 1. The van der Waals surface area contributed by atoms with E-state index in [-0.39, 0.29) is 0 Å². The van der Waals surface area contributed by atoms with Crippen molar-refractivity contribution in [2.45, 2.75) is 33.2 Å². The van der Waals surface area contributed by atoms with Crippen LogP contribution in [0.3, 0.4) is 0 Å². The third-order valence-electron chi connectivity index (χ3n) is 4.96. The first-order valence-corrected chi connectivity index (χ1v) is 9.94. The van der Waals surface area contributed by atoms with Crippen molar-refractivity contribution in [2.75, 3.05) is 52.9 Å². The van der Waals surface area contributed by atoms with E-state index in [9.17, 15) is 0 Å². The molecule has 0 aliphatic carbocycles. The van der Waals surface area contributed by atoms with E-state index >= 15 is 0 Å². The Kier molecular flexibility index (Phi) is 8.85. The molecular weight excluding hydrogens is 324 g/mol. The van der Waals surface area contributed by atoms with Gasteiger partial charge < -0.3 is 15.5 Å². The molecule has 1 fully saturated rings. The number of rotatable bonds is 8. The van der Waals surface area contributed by atoms with Crippen molar-refractivity contribution in [1.29, 1.82) is 0 Å². The molecule has 0 amide bonds. The van der Waals surface area contributed by atoms with Crippen LogP contribution in [0.25, 0.3) is 0 Å². The first kappa shape index (κ1) is 20.6. The largest absolute Gasteiger partial charge is 0.357 e. The summed E-state index contributed by atoms with van der Waals surface area (Å²) in [5.41, 5.74) is 1.10. The third-order valence-corrected chi connectivity index (χ3v) is 4.96. The Morgan fingerprint density at radius 2 is 1.96 bits per heavy atom. The molecule has 2 heterocycles. The second kappa shape index (κ2) is 11.1. The molecule has 0 bridgehead atoms. The van der Waals surface area contributed by atoms with E-state index in [1.807, 2.05) is 18.3 Å². The first-order valence-electron chi connectivity index (χ1n) is 9.94. The van der Waals surface area contributed by atoms with Crippen molar-refractivity contribution >= 4 is 5.96 Å². The number of aromatic nitrogens is 1.